The third kappa shape index (κ3) is 7.24. The lowest BCUT2D eigenvalue weighted by molar-refractivity contribution is -0.134. The van der Waals surface area contributed by atoms with Crippen molar-refractivity contribution >= 4 is 44.6 Å². The summed E-state index contributed by atoms with van der Waals surface area (Å²) in [6, 6.07) is 15.7. The lowest BCUT2D eigenvalue weighted by Gasteiger charge is -2.06. The molecule has 2 aromatic carbocycles. The third-order valence-corrected chi connectivity index (χ3v) is 4.46. The van der Waals surface area contributed by atoms with Crippen LogP contribution in [0.5, 0.6) is 5.75 Å². The molecule has 3 aromatic rings. The Balaban J connectivity index is 0.000000343. The van der Waals surface area contributed by atoms with Crippen LogP contribution in [0, 0.1) is 0 Å². The smallest absolute Gasteiger partial charge is 0.328 e. The van der Waals surface area contributed by atoms with Crippen molar-refractivity contribution in [2.24, 2.45) is 10.7 Å². The number of aliphatic imine (C=N–C) groups is 1. The number of ether oxygens (including phenoxy) is 1. The summed E-state index contributed by atoms with van der Waals surface area (Å²) in [5.74, 6) is -1.37. The molecule has 0 bridgehead atoms. The second-order valence-electron chi connectivity index (χ2n) is 5.63. The van der Waals surface area contributed by atoms with Crippen LogP contribution in [0.3, 0.4) is 0 Å². The number of carboxylic acid groups (broad SMARTS) is 2. The third-order valence-electron chi connectivity index (χ3n) is 3.51. The van der Waals surface area contributed by atoms with E-state index in [4.69, 9.17) is 20.7 Å². The Kier molecular flexibility index (Phi) is 8.33. The molecule has 0 aliphatic rings. The number of carboxylic acids is 2. The zero-order valence-electron chi connectivity index (χ0n) is 16.0. The van der Waals surface area contributed by atoms with Crippen molar-refractivity contribution < 1.29 is 24.5 Å². The minimum Gasteiger partial charge on any atom is -0.496 e. The van der Waals surface area contributed by atoms with Crippen molar-refractivity contribution in [1.82, 2.24) is 4.98 Å². The molecule has 0 aliphatic heterocycles. The molecule has 1 heterocycles. The molecule has 0 saturated carbocycles. The van der Waals surface area contributed by atoms with Gasteiger partial charge in [-0.3, -0.25) is 0 Å². The highest BCUT2D eigenvalue weighted by Crippen LogP contribution is 2.25. The highest BCUT2D eigenvalue weighted by Gasteiger charge is 2.05. The molecule has 1 aromatic heterocycles. The predicted molar refractivity (Wildman–Crippen MR) is 116 cm³/mol. The number of hydrogen-bond donors (Lipinski definition) is 4. The molecule has 0 atom stereocenters. The Labute approximate surface area is 176 Å². The largest absolute Gasteiger partial charge is 0.496 e. The normalized spacial score (nSPS) is 11.0. The summed E-state index contributed by atoms with van der Waals surface area (Å²) in [5.41, 5.74) is 7.87. The van der Waals surface area contributed by atoms with Gasteiger partial charge in [-0.05, 0) is 18.2 Å². The summed E-state index contributed by atoms with van der Waals surface area (Å²) in [6.45, 7) is 0.452. The van der Waals surface area contributed by atoms with Gasteiger partial charge >= 0.3 is 11.9 Å². The summed E-state index contributed by atoms with van der Waals surface area (Å²) in [6.07, 6.45) is 1.12. The van der Waals surface area contributed by atoms with Gasteiger partial charge in [-0.15, -0.1) is 0 Å². The molecule has 0 unspecified atom stereocenters. The van der Waals surface area contributed by atoms with E-state index in [9.17, 15) is 9.59 Å². The Bertz CT molecular complexity index is 1030. The number of nitrogens with one attached hydrogen (secondary N) is 1. The number of rotatable bonds is 6. The first-order valence-electron chi connectivity index (χ1n) is 8.57. The average Bonchev–Trinajstić information content (AvgIpc) is 3.13. The average molecular weight is 428 g/mol. The summed E-state index contributed by atoms with van der Waals surface area (Å²) < 4.78 is 6.41. The number of guanidine groups is 1. The quantitative estimate of drug-likeness (QED) is 0.266. The highest BCUT2D eigenvalue weighted by molar-refractivity contribution is 7.22. The first-order valence-corrected chi connectivity index (χ1v) is 9.39. The van der Waals surface area contributed by atoms with E-state index < -0.39 is 11.9 Å². The van der Waals surface area contributed by atoms with Crippen molar-refractivity contribution in [3.8, 4) is 5.75 Å². The molecule has 9 nitrogen and oxygen atoms in total. The summed E-state index contributed by atoms with van der Waals surface area (Å²) in [5, 5.41) is 19.4. The van der Waals surface area contributed by atoms with E-state index in [1.807, 2.05) is 48.5 Å². The summed E-state index contributed by atoms with van der Waals surface area (Å²) >= 11 is 1.55. The van der Waals surface area contributed by atoms with Gasteiger partial charge in [0.2, 0.25) is 0 Å². The van der Waals surface area contributed by atoms with Gasteiger partial charge in [0.05, 0.1) is 23.9 Å². The van der Waals surface area contributed by atoms with Crippen LogP contribution in [-0.2, 0) is 16.1 Å². The maximum Gasteiger partial charge on any atom is 0.328 e. The number of anilines is 1. The van der Waals surface area contributed by atoms with Crippen LogP contribution < -0.4 is 15.8 Å². The fourth-order valence-electron chi connectivity index (χ4n) is 2.22. The second-order valence-corrected chi connectivity index (χ2v) is 6.67. The lowest BCUT2D eigenvalue weighted by atomic mass is 10.2. The molecule has 0 saturated heterocycles. The number of aliphatic carboxylic acids is 2. The van der Waals surface area contributed by atoms with Gasteiger partial charge in [0.25, 0.3) is 0 Å². The Morgan fingerprint density at radius 1 is 1.13 bits per heavy atom. The van der Waals surface area contributed by atoms with Gasteiger partial charge in [-0.25, -0.2) is 19.6 Å². The first kappa shape index (κ1) is 22.4. The number of hydrogen-bond acceptors (Lipinski definition) is 6. The van der Waals surface area contributed by atoms with Gasteiger partial charge in [0.15, 0.2) is 11.1 Å². The number of methoxy groups -OCH3 is 1. The van der Waals surface area contributed by atoms with Crippen molar-refractivity contribution in [3.05, 3.63) is 66.2 Å². The van der Waals surface area contributed by atoms with Gasteiger partial charge < -0.3 is 26.0 Å². The van der Waals surface area contributed by atoms with E-state index in [1.54, 1.807) is 18.4 Å². The van der Waals surface area contributed by atoms with Crippen LogP contribution in [0.2, 0.25) is 0 Å². The topological polar surface area (TPSA) is 147 Å². The maximum absolute atomic E-state index is 9.55. The highest BCUT2D eigenvalue weighted by atomic mass is 32.1. The van der Waals surface area contributed by atoms with Gasteiger partial charge in [0, 0.05) is 17.7 Å². The number of nitrogens with two attached hydrogens (primary N) is 1. The zero-order valence-corrected chi connectivity index (χ0v) is 16.8. The Morgan fingerprint density at radius 2 is 1.77 bits per heavy atom. The fourth-order valence-corrected chi connectivity index (χ4v) is 3.09. The fraction of sp³-hybridized carbons (Fsp3) is 0.100. The van der Waals surface area contributed by atoms with Crippen molar-refractivity contribution in [3.63, 3.8) is 0 Å². The molecule has 5 N–H and O–H groups in total. The molecular weight excluding hydrogens is 408 g/mol. The van der Waals surface area contributed by atoms with Gasteiger partial charge in [0.1, 0.15) is 5.75 Å². The van der Waals surface area contributed by atoms with E-state index in [1.165, 1.54) is 0 Å². The molecular formula is C20H20N4O5S. The summed E-state index contributed by atoms with van der Waals surface area (Å²) in [7, 11) is 1.64. The Hall–Kier alpha value is -3.92. The second kappa shape index (κ2) is 11.2. The molecule has 30 heavy (non-hydrogen) atoms. The standard InChI is InChI=1S/C16H16N4OS.C4H4O4/c1-21-13-8-4-2-6-11(13)10-18-15(17)20-16-19-12-7-3-5-9-14(12)22-16;5-3(6)1-2-4(7)8/h2-9H,10H2,1H3,(H3,17,18,19,20);1-2H,(H,5,6)(H,7,8)/b;2-1+. The molecule has 0 aliphatic carbocycles. The van der Waals surface area contributed by atoms with Gasteiger partial charge in [-0.1, -0.05) is 41.7 Å². The van der Waals surface area contributed by atoms with Crippen LogP contribution >= 0.6 is 11.3 Å². The molecule has 3 rings (SSSR count). The van der Waals surface area contributed by atoms with Crippen LogP contribution in [0.25, 0.3) is 10.2 Å². The van der Waals surface area contributed by atoms with E-state index >= 15 is 0 Å². The maximum atomic E-state index is 9.55. The molecule has 0 spiro atoms. The monoisotopic (exact) mass is 428 g/mol. The van der Waals surface area contributed by atoms with Crippen LogP contribution in [0.4, 0.5) is 5.13 Å². The zero-order chi connectivity index (χ0) is 21.9. The van der Waals surface area contributed by atoms with E-state index in [2.05, 4.69) is 15.3 Å². The molecule has 156 valence electrons. The number of carbonyl (C=O) groups is 2. The lowest BCUT2D eigenvalue weighted by Crippen LogP contribution is -2.22. The molecule has 10 heteroatoms. The number of thiazole rings is 1. The van der Waals surface area contributed by atoms with Crippen molar-refractivity contribution in [2.45, 2.75) is 6.54 Å². The number of nitrogens with zero attached hydrogens (tertiary/aromatic N) is 2. The minimum atomic E-state index is -1.26. The first-order chi connectivity index (χ1) is 14.4. The molecule has 0 radical (unpaired) electrons. The van der Waals surface area contributed by atoms with Gasteiger partial charge in [-0.2, -0.15) is 0 Å². The number of aromatic nitrogens is 1. The number of fused-ring (bicyclic) bond motifs is 1. The number of para-hydroxylation sites is 2. The Morgan fingerprint density at radius 3 is 2.40 bits per heavy atom. The van der Waals surface area contributed by atoms with E-state index in [0.717, 1.165) is 26.7 Å². The van der Waals surface area contributed by atoms with Crippen molar-refractivity contribution in [1.29, 1.82) is 0 Å². The van der Waals surface area contributed by atoms with Crippen LogP contribution in [0.1, 0.15) is 5.56 Å². The van der Waals surface area contributed by atoms with E-state index in [-0.39, 0.29) is 0 Å². The summed E-state index contributed by atoms with van der Waals surface area (Å²) in [4.78, 5) is 27.9. The van der Waals surface area contributed by atoms with Crippen molar-refractivity contribution in [2.75, 3.05) is 12.4 Å². The SMILES string of the molecule is COc1ccccc1CN=C(N)Nc1nc2ccccc2s1.O=C(O)/C=C/C(=O)O. The van der Waals surface area contributed by atoms with Crippen LogP contribution in [-0.4, -0.2) is 40.2 Å². The number of benzene rings is 2. The van der Waals surface area contributed by atoms with Crippen LogP contribution in [0.15, 0.2) is 65.7 Å². The molecule has 0 amide bonds. The van der Waals surface area contributed by atoms with E-state index in [0.29, 0.717) is 24.7 Å². The minimum absolute atomic E-state index is 0.338. The molecule has 0 fully saturated rings. The predicted octanol–water partition coefficient (Wildman–Crippen LogP) is 2.94.